The largest absolute Gasteiger partial charge is 0.468 e. The summed E-state index contributed by atoms with van der Waals surface area (Å²) < 4.78 is 73.5. The zero-order chi connectivity index (χ0) is 22.5. The highest BCUT2D eigenvalue weighted by Crippen LogP contribution is 2.19. The molecule has 0 spiro atoms. The van der Waals surface area contributed by atoms with E-state index in [-0.39, 0.29) is 34.7 Å². The number of anilines is 1. The Morgan fingerprint density at radius 2 is 1.94 bits per heavy atom. The second-order valence-corrected chi connectivity index (χ2v) is 8.52. The van der Waals surface area contributed by atoms with Gasteiger partial charge in [0, 0.05) is 24.8 Å². The summed E-state index contributed by atoms with van der Waals surface area (Å²) in [5.74, 6) is -0.776. The van der Waals surface area contributed by atoms with Crippen LogP contribution in [0, 0.1) is 0 Å². The Labute approximate surface area is 176 Å². The minimum Gasteiger partial charge on any atom is -0.468 e. The van der Waals surface area contributed by atoms with Crippen molar-refractivity contribution in [2.75, 3.05) is 25.1 Å². The van der Waals surface area contributed by atoms with E-state index >= 15 is 0 Å². The van der Waals surface area contributed by atoms with Gasteiger partial charge in [0.1, 0.15) is 0 Å². The smallest absolute Gasteiger partial charge is 0.422 e. The van der Waals surface area contributed by atoms with E-state index in [0.717, 1.165) is 19.0 Å². The standard InChI is InChI=1S/C19H20F3N3O5S/c20-19(21,22)12-30-17-8-5-14(10-23-17)25-18(26)13-3-6-16(7-4-13)31(27,28)24-11-15-2-1-9-29-15/h3-8,10,15,24H,1-2,9,11-12H2,(H,25,26). The van der Waals surface area contributed by atoms with Gasteiger partial charge in [0.2, 0.25) is 15.9 Å². The molecular weight excluding hydrogens is 439 g/mol. The first-order valence-corrected chi connectivity index (χ1v) is 10.8. The minimum absolute atomic E-state index is 0.00915. The summed E-state index contributed by atoms with van der Waals surface area (Å²) >= 11 is 0. The number of carbonyl (C=O) groups excluding carboxylic acids is 1. The van der Waals surface area contributed by atoms with E-state index in [1.807, 2.05) is 0 Å². The van der Waals surface area contributed by atoms with Crippen molar-refractivity contribution in [2.45, 2.75) is 30.0 Å². The third-order valence-electron chi connectivity index (χ3n) is 4.33. The molecule has 0 aliphatic carbocycles. The SMILES string of the molecule is O=C(Nc1ccc(OCC(F)(F)F)nc1)c1ccc(S(=O)(=O)NCC2CCCO2)cc1. The van der Waals surface area contributed by atoms with Crippen molar-refractivity contribution in [3.63, 3.8) is 0 Å². The predicted octanol–water partition coefficient (Wildman–Crippen LogP) is 2.73. The molecule has 2 heterocycles. The van der Waals surface area contributed by atoms with Crippen LogP contribution < -0.4 is 14.8 Å². The number of hydrogen-bond donors (Lipinski definition) is 2. The highest BCUT2D eigenvalue weighted by molar-refractivity contribution is 7.89. The van der Waals surface area contributed by atoms with Crippen LogP contribution in [0.4, 0.5) is 18.9 Å². The number of alkyl halides is 3. The van der Waals surface area contributed by atoms with Gasteiger partial charge in [-0.25, -0.2) is 18.1 Å². The Bertz CT molecular complexity index is 990. The lowest BCUT2D eigenvalue weighted by Crippen LogP contribution is -2.31. The van der Waals surface area contributed by atoms with E-state index < -0.39 is 28.7 Å². The maximum absolute atomic E-state index is 12.4. The number of nitrogens with zero attached hydrogens (tertiary/aromatic N) is 1. The maximum atomic E-state index is 12.4. The number of hydrogen-bond acceptors (Lipinski definition) is 6. The molecule has 1 saturated heterocycles. The molecule has 31 heavy (non-hydrogen) atoms. The highest BCUT2D eigenvalue weighted by Gasteiger charge is 2.28. The van der Waals surface area contributed by atoms with E-state index in [1.165, 1.54) is 36.4 Å². The van der Waals surface area contributed by atoms with Crippen molar-refractivity contribution in [1.82, 2.24) is 9.71 Å². The topological polar surface area (TPSA) is 107 Å². The van der Waals surface area contributed by atoms with Crippen LogP contribution in [0.3, 0.4) is 0 Å². The summed E-state index contributed by atoms with van der Waals surface area (Å²) in [5, 5.41) is 2.52. The van der Waals surface area contributed by atoms with Gasteiger partial charge in [-0.1, -0.05) is 0 Å². The van der Waals surface area contributed by atoms with Crippen molar-refractivity contribution >= 4 is 21.6 Å². The Balaban J connectivity index is 1.56. The summed E-state index contributed by atoms with van der Waals surface area (Å²) in [5.41, 5.74) is 0.426. The minimum atomic E-state index is -4.48. The number of sulfonamides is 1. The summed E-state index contributed by atoms with van der Waals surface area (Å²) in [7, 11) is -3.74. The van der Waals surface area contributed by atoms with Crippen LogP contribution >= 0.6 is 0 Å². The lowest BCUT2D eigenvalue weighted by atomic mass is 10.2. The van der Waals surface area contributed by atoms with E-state index in [1.54, 1.807) is 0 Å². The molecule has 0 saturated carbocycles. The average Bonchev–Trinajstić information content (AvgIpc) is 3.25. The molecule has 1 unspecified atom stereocenters. The molecule has 3 rings (SSSR count). The molecule has 1 aliphatic rings. The quantitative estimate of drug-likeness (QED) is 0.629. The number of rotatable bonds is 8. The number of pyridine rings is 1. The van der Waals surface area contributed by atoms with Crippen LogP contribution in [0.5, 0.6) is 5.88 Å². The number of nitrogens with one attached hydrogen (secondary N) is 2. The molecule has 8 nitrogen and oxygen atoms in total. The first-order valence-electron chi connectivity index (χ1n) is 9.31. The summed E-state index contributed by atoms with van der Waals surface area (Å²) in [6, 6.07) is 7.84. The molecule has 0 bridgehead atoms. The van der Waals surface area contributed by atoms with Crippen LogP contribution in [0.15, 0.2) is 47.5 Å². The molecule has 1 aromatic heterocycles. The number of ether oxygens (including phenoxy) is 2. The molecular formula is C19H20F3N3O5S. The van der Waals surface area contributed by atoms with Crippen LogP contribution in [-0.4, -0.2) is 51.3 Å². The molecule has 1 atom stereocenters. The lowest BCUT2D eigenvalue weighted by molar-refractivity contribution is -0.154. The van der Waals surface area contributed by atoms with Gasteiger partial charge >= 0.3 is 6.18 Å². The number of benzene rings is 1. The molecule has 168 valence electrons. The molecule has 1 fully saturated rings. The molecule has 2 aromatic rings. The number of aromatic nitrogens is 1. The van der Waals surface area contributed by atoms with Gasteiger partial charge in [-0.15, -0.1) is 0 Å². The fraction of sp³-hybridized carbons (Fsp3) is 0.368. The van der Waals surface area contributed by atoms with E-state index in [2.05, 4.69) is 19.8 Å². The fourth-order valence-electron chi connectivity index (χ4n) is 2.78. The number of carbonyl (C=O) groups is 1. The fourth-order valence-corrected chi connectivity index (χ4v) is 3.84. The average molecular weight is 459 g/mol. The Hall–Kier alpha value is -2.70. The lowest BCUT2D eigenvalue weighted by Gasteiger charge is -2.12. The Morgan fingerprint density at radius 1 is 1.19 bits per heavy atom. The Kier molecular flexibility index (Phi) is 7.13. The van der Waals surface area contributed by atoms with Crippen molar-refractivity contribution in [3.05, 3.63) is 48.2 Å². The zero-order valence-corrected chi connectivity index (χ0v) is 17.0. The first-order chi connectivity index (χ1) is 14.6. The van der Waals surface area contributed by atoms with Gasteiger partial charge in [-0.05, 0) is 43.2 Å². The predicted molar refractivity (Wildman–Crippen MR) is 104 cm³/mol. The van der Waals surface area contributed by atoms with Crippen molar-refractivity contribution in [3.8, 4) is 5.88 Å². The van der Waals surface area contributed by atoms with Gasteiger partial charge in [0.25, 0.3) is 5.91 Å². The summed E-state index contributed by atoms with van der Waals surface area (Å²) in [6.45, 7) is -0.668. The second-order valence-electron chi connectivity index (χ2n) is 6.75. The van der Waals surface area contributed by atoms with Crippen molar-refractivity contribution in [1.29, 1.82) is 0 Å². The Morgan fingerprint density at radius 3 is 2.52 bits per heavy atom. The first kappa shape index (κ1) is 23.0. The third kappa shape index (κ3) is 6.91. The zero-order valence-electron chi connectivity index (χ0n) is 16.2. The normalized spacial score (nSPS) is 16.8. The van der Waals surface area contributed by atoms with E-state index in [9.17, 15) is 26.4 Å². The molecule has 0 radical (unpaired) electrons. The highest BCUT2D eigenvalue weighted by atomic mass is 32.2. The van der Waals surface area contributed by atoms with Gasteiger partial charge < -0.3 is 14.8 Å². The summed E-state index contributed by atoms with van der Waals surface area (Å²) in [6.07, 6.45) is -1.77. The maximum Gasteiger partial charge on any atom is 0.422 e. The van der Waals surface area contributed by atoms with Crippen molar-refractivity contribution in [2.24, 2.45) is 0 Å². The van der Waals surface area contributed by atoms with E-state index in [0.29, 0.717) is 6.61 Å². The third-order valence-corrected chi connectivity index (χ3v) is 5.77. The molecule has 1 aliphatic heterocycles. The molecule has 2 N–H and O–H groups in total. The monoisotopic (exact) mass is 459 g/mol. The molecule has 1 aromatic carbocycles. The molecule has 12 heteroatoms. The second kappa shape index (κ2) is 9.62. The number of halogens is 3. The van der Waals surface area contributed by atoms with Crippen molar-refractivity contribution < 1.29 is 35.9 Å². The van der Waals surface area contributed by atoms with Gasteiger partial charge in [0.05, 0.1) is 22.9 Å². The summed E-state index contributed by atoms with van der Waals surface area (Å²) in [4.78, 5) is 16.0. The van der Waals surface area contributed by atoms with Crippen LogP contribution in [0.2, 0.25) is 0 Å². The van der Waals surface area contributed by atoms with Crippen LogP contribution in [-0.2, 0) is 14.8 Å². The number of amides is 1. The van der Waals surface area contributed by atoms with E-state index in [4.69, 9.17) is 4.74 Å². The van der Waals surface area contributed by atoms with Crippen LogP contribution in [0.1, 0.15) is 23.2 Å². The molecule has 1 amide bonds. The van der Waals surface area contributed by atoms with Gasteiger partial charge in [-0.2, -0.15) is 13.2 Å². The van der Waals surface area contributed by atoms with Gasteiger partial charge in [0.15, 0.2) is 6.61 Å². The van der Waals surface area contributed by atoms with Crippen LogP contribution in [0.25, 0.3) is 0 Å². The van der Waals surface area contributed by atoms with Gasteiger partial charge in [-0.3, -0.25) is 4.79 Å².